The lowest BCUT2D eigenvalue weighted by Crippen LogP contribution is -2.23. The maximum atomic E-state index is 12.1. The predicted molar refractivity (Wildman–Crippen MR) is 106 cm³/mol. The standard InChI is InChI=1S/C19H21N3O6S/c1-20-18(24)14-5-4-6-15(11-14)21-17(23)12-28-19(25)13-7-9-16(10-8-13)29(26,27)22(2)3/h4-11H,12H2,1-3H3,(H,20,24)(H,21,23). The summed E-state index contributed by atoms with van der Waals surface area (Å²) in [5.41, 5.74) is 0.859. The van der Waals surface area contributed by atoms with Crippen LogP contribution >= 0.6 is 0 Å². The summed E-state index contributed by atoms with van der Waals surface area (Å²) in [7, 11) is 0.699. The molecular weight excluding hydrogens is 398 g/mol. The van der Waals surface area contributed by atoms with Crippen molar-refractivity contribution in [2.24, 2.45) is 0 Å². The highest BCUT2D eigenvalue weighted by Gasteiger charge is 2.18. The Hall–Kier alpha value is -3.24. The molecule has 2 N–H and O–H groups in total. The van der Waals surface area contributed by atoms with Crippen LogP contribution < -0.4 is 10.6 Å². The van der Waals surface area contributed by atoms with Gasteiger partial charge in [0.15, 0.2) is 6.61 Å². The van der Waals surface area contributed by atoms with Crippen molar-refractivity contribution in [3.05, 3.63) is 59.7 Å². The molecule has 10 heteroatoms. The Bertz CT molecular complexity index is 1020. The molecule has 2 aromatic rings. The second-order valence-corrected chi connectivity index (χ2v) is 8.25. The number of esters is 1. The third kappa shape index (κ3) is 5.62. The number of sulfonamides is 1. The monoisotopic (exact) mass is 419 g/mol. The number of anilines is 1. The summed E-state index contributed by atoms with van der Waals surface area (Å²) in [5, 5.41) is 5.01. The van der Waals surface area contributed by atoms with E-state index >= 15 is 0 Å². The molecule has 0 atom stereocenters. The molecule has 0 bridgehead atoms. The van der Waals surface area contributed by atoms with E-state index in [1.165, 1.54) is 51.5 Å². The van der Waals surface area contributed by atoms with Gasteiger partial charge in [-0.25, -0.2) is 17.5 Å². The molecule has 0 spiro atoms. The van der Waals surface area contributed by atoms with Gasteiger partial charge in [0.05, 0.1) is 10.5 Å². The first-order chi connectivity index (χ1) is 13.6. The summed E-state index contributed by atoms with van der Waals surface area (Å²) in [6.45, 7) is -0.541. The van der Waals surface area contributed by atoms with Crippen LogP contribution in [0.4, 0.5) is 5.69 Å². The van der Waals surface area contributed by atoms with Crippen molar-refractivity contribution in [3.63, 3.8) is 0 Å². The summed E-state index contributed by atoms with van der Waals surface area (Å²) in [6, 6.07) is 11.5. The molecule has 29 heavy (non-hydrogen) atoms. The summed E-state index contributed by atoms with van der Waals surface area (Å²) in [4.78, 5) is 35.7. The van der Waals surface area contributed by atoms with Crippen LogP contribution in [-0.2, 0) is 19.6 Å². The lowest BCUT2D eigenvalue weighted by molar-refractivity contribution is -0.119. The third-order valence-electron chi connectivity index (χ3n) is 3.84. The molecule has 0 aliphatic carbocycles. The van der Waals surface area contributed by atoms with E-state index in [9.17, 15) is 22.8 Å². The number of nitrogens with one attached hydrogen (secondary N) is 2. The van der Waals surface area contributed by atoms with Crippen molar-refractivity contribution in [1.29, 1.82) is 0 Å². The Labute approximate surface area is 168 Å². The molecule has 154 valence electrons. The maximum absolute atomic E-state index is 12.1. The van der Waals surface area contributed by atoms with Gasteiger partial charge in [0.1, 0.15) is 0 Å². The average molecular weight is 419 g/mol. The van der Waals surface area contributed by atoms with E-state index in [-0.39, 0.29) is 16.4 Å². The van der Waals surface area contributed by atoms with Gasteiger partial charge in [-0.2, -0.15) is 0 Å². The van der Waals surface area contributed by atoms with Crippen molar-refractivity contribution in [1.82, 2.24) is 9.62 Å². The first-order valence-corrected chi connectivity index (χ1v) is 9.91. The SMILES string of the molecule is CNC(=O)c1cccc(NC(=O)COC(=O)c2ccc(S(=O)(=O)N(C)C)cc2)c1. The number of hydrogen-bond acceptors (Lipinski definition) is 6. The van der Waals surface area contributed by atoms with Gasteiger partial charge in [0.25, 0.3) is 11.8 Å². The fraction of sp³-hybridized carbons (Fsp3) is 0.211. The number of hydrogen-bond donors (Lipinski definition) is 2. The van der Waals surface area contributed by atoms with Gasteiger partial charge in [-0.15, -0.1) is 0 Å². The highest BCUT2D eigenvalue weighted by Crippen LogP contribution is 2.15. The van der Waals surface area contributed by atoms with E-state index in [4.69, 9.17) is 4.74 Å². The average Bonchev–Trinajstić information content (AvgIpc) is 2.71. The molecule has 0 unspecified atom stereocenters. The molecule has 0 heterocycles. The summed E-state index contributed by atoms with van der Waals surface area (Å²) < 4.78 is 30.0. The van der Waals surface area contributed by atoms with Crippen LogP contribution in [0.15, 0.2) is 53.4 Å². The molecule has 0 fully saturated rings. The molecular formula is C19H21N3O6S. The van der Waals surface area contributed by atoms with Crippen LogP contribution in [0, 0.1) is 0 Å². The highest BCUT2D eigenvalue weighted by atomic mass is 32.2. The van der Waals surface area contributed by atoms with E-state index in [1.54, 1.807) is 18.2 Å². The third-order valence-corrected chi connectivity index (χ3v) is 5.67. The largest absolute Gasteiger partial charge is 0.452 e. The Morgan fingerprint density at radius 2 is 1.66 bits per heavy atom. The molecule has 2 amide bonds. The van der Waals surface area contributed by atoms with Crippen LogP contribution in [0.5, 0.6) is 0 Å². The predicted octanol–water partition coefficient (Wildman–Crippen LogP) is 1.09. The van der Waals surface area contributed by atoms with Gasteiger partial charge in [-0.1, -0.05) is 6.07 Å². The Kier molecular flexibility index (Phi) is 7.08. The minimum atomic E-state index is -3.60. The van der Waals surface area contributed by atoms with Crippen LogP contribution in [0.25, 0.3) is 0 Å². The zero-order valence-corrected chi connectivity index (χ0v) is 16.9. The van der Waals surface area contributed by atoms with Crippen molar-refractivity contribution in [3.8, 4) is 0 Å². The summed E-state index contributed by atoms with van der Waals surface area (Å²) >= 11 is 0. The Morgan fingerprint density at radius 3 is 2.24 bits per heavy atom. The first-order valence-electron chi connectivity index (χ1n) is 8.47. The minimum Gasteiger partial charge on any atom is -0.452 e. The molecule has 0 saturated heterocycles. The molecule has 2 aromatic carbocycles. The van der Waals surface area contributed by atoms with Gasteiger partial charge in [0.2, 0.25) is 10.0 Å². The zero-order valence-electron chi connectivity index (χ0n) is 16.1. The van der Waals surface area contributed by atoms with Gasteiger partial charge in [-0.3, -0.25) is 9.59 Å². The minimum absolute atomic E-state index is 0.0350. The Balaban J connectivity index is 1.95. The van der Waals surface area contributed by atoms with E-state index < -0.39 is 28.5 Å². The van der Waals surface area contributed by atoms with Gasteiger partial charge in [0, 0.05) is 32.4 Å². The quantitative estimate of drug-likeness (QED) is 0.648. The second kappa shape index (κ2) is 9.30. The number of nitrogens with zero attached hydrogens (tertiary/aromatic N) is 1. The smallest absolute Gasteiger partial charge is 0.338 e. The van der Waals surface area contributed by atoms with E-state index in [1.807, 2.05) is 0 Å². The lowest BCUT2D eigenvalue weighted by atomic mass is 10.2. The van der Waals surface area contributed by atoms with Gasteiger partial charge in [-0.05, 0) is 42.5 Å². The fourth-order valence-electron chi connectivity index (χ4n) is 2.27. The van der Waals surface area contributed by atoms with Crippen LogP contribution in [-0.4, -0.2) is 58.3 Å². The number of ether oxygens (including phenoxy) is 1. The van der Waals surface area contributed by atoms with Crippen LogP contribution in [0.3, 0.4) is 0 Å². The number of amides is 2. The fourth-order valence-corrected chi connectivity index (χ4v) is 3.17. The Morgan fingerprint density at radius 1 is 1.00 bits per heavy atom. The molecule has 0 aromatic heterocycles. The van der Waals surface area contributed by atoms with Crippen molar-refractivity contribution < 1.29 is 27.5 Å². The lowest BCUT2D eigenvalue weighted by Gasteiger charge is -2.11. The van der Waals surface area contributed by atoms with Crippen molar-refractivity contribution in [2.75, 3.05) is 33.1 Å². The number of carbonyl (C=O) groups excluding carboxylic acids is 3. The maximum Gasteiger partial charge on any atom is 0.338 e. The van der Waals surface area contributed by atoms with Crippen LogP contribution in [0.1, 0.15) is 20.7 Å². The molecule has 9 nitrogen and oxygen atoms in total. The van der Waals surface area contributed by atoms with E-state index in [0.29, 0.717) is 11.3 Å². The van der Waals surface area contributed by atoms with Crippen molar-refractivity contribution in [2.45, 2.75) is 4.90 Å². The molecule has 0 aliphatic heterocycles. The molecule has 0 saturated carbocycles. The topological polar surface area (TPSA) is 122 Å². The zero-order chi connectivity index (χ0) is 21.6. The first kappa shape index (κ1) is 22.1. The summed E-state index contributed by atoms with van der Waals surface area (Å²) in [6.07, 6.45) is 0. The van der Waals surface area contributed by atoms with E-state index in [0.717, 1.165) is 4.31 Å². The molecule has 2 rings (SSSR count). The van der Waals surface area contributed by atoms with Crippen molar-refractivity contribution >= 4 is 33.5 Å². The van der Waals surface area contributed by atoms with Gasteiger partial charge < -0.3 is 15.4 Å². The number of rotatable bonds is 7. The number of benzene rings is 2. The van der Waals surface area contributed by atoms with E-state index in [2.05, 4.69) is 10.6 Å². The summed E-state index contributed by atoms with van der Waals surface area (Å²) in [5.74, 6) is -1.65. The normalized spacial score (nSPS) is 11.0. The van der Waals surface area contributed by atoms with Crippen LogP contribution in [0.2, 0.25) is 0 Å². The van der Waals surface area contributed by atoms with Gasteiger partial charge >= 0.3 is 5.97 Å². The second-order valence-electron chi connectivity index (χ2n) is 6.10. The highest BCUT2D eigenvalue weighted by molar-refractivity contribution is 7.89. The molecule has 0 radical (unpaired) electrons. The molecule has 0 aliphatic rings. The number of carbonyl (C=O) groups is 3.